The van der Waals surface area contributed by atoms with Crippen LogP contribution in [0.5, 0.6) is 0 Å². The Balaban J connectivity index is 0.00000264. The molecule has 1 aliphatic carbocycles. The molecule has 0 unspecified atom stereocenters. The Morgan fingerprint density at radius 2 is 1.78 bits per heavy atom. The number of sulfone groups is 1. The van der Waals surface area contributed by atoms with Crippen LogP contribution in [0.15, 0.2) is 4.99 Å². The van der Waals surface area contributed by atoms with Crippen LogP contribution in [0.2, 0.25) is 0 Å². The molecular formula is C15H31IN4O2S. The van der Waals surface area contributed by atoms with Crippen LogP contribution in [-0.2, 0) is 9.84 Å². The van der Waals surface area contributed by atoms with E-state index in [-0.39, 0.29) is 24.0 Å². The van der Waals surface area contributed by atoms with Crippen molar-refractivity contribution in [1.82, 2.24) is 15.5 Å². The summed E-state index contributed by atoms with van der Waals surface area (Å²) in [5.41, 5.74) is 0. The van der Waals surface area contributed by atoms with E-state index < -0.39 is 9.84 Å². The van der Waals surface area contributed by atoms with Crippen LogP contribution in [-0.4, -0.2) is 70.1 Å². The molecule has 2 fully saturated rings. The fourth-order valence-corrected chi connectivity index (χ4v) is 4.38. The fourth-order valence-electron chi connectivity index (χ4n) is 3.10. The second kappa shape index (κ2) is 10.0. The fraction of sp³-hybridized carbons (Fsp3) is 0.933. The first-order valence-electron chi connectivity index (χ1n) is 8.38. The van der Waals surface area contributed by atoms with E-state index in [9.17, 15) is 8.42 Å². The van der Waals surface area contributed by atoms with Gasteiger partial charge < -0.3 is 10.6 Å². The molecule has 6 nitrogen and oxygen atoms in total. The second-order valence-electron chi connectivity index (χ2n) is 6.59. The molecule has 2 N–H and O–H groups in total. The quantitative estimate of drug-likeness (QED) is 0.375. The molecule has 0 bridgehead atoms. The first-order valence-corrected chi connectivity index (χ1v) is 10.2. The molecule has 0 amide bonds. The maximum atomic E-state index is 11.4. The molecule has 1 aliphatic heterocycles. The largest absolute Gasteiger partial charge is 0.355 e. The number of hydrogen-bond donors (Lipinski definition) is 2. The molecule has 8 heteroatoms. The van der Waals surface area contributed by atoms with Gasteiger partial charge in [0.2, 0.25) is 0 Å². The summed E-state index contributed by atoms with van der Waals surface area (Å²) in [5, 5.41) is 6.85. The van der Waals surface area contributed by atoms with E-state index in [1.54, 1.807) is 7.05 Å². The Hall–Kier alpha value is -0.0900. The van der Waals surface area contributed by atoms with Gasteiger partial charge in [-0.2, -0.15) is 0 Å². The first kappa shape index (κ1) is 21.0. The third-order valence-electron chi connectivity index (χ3n) is 4.74. The van der Waals surface area contributed by atoms with Gasteiger partial charge in [-0.15, -0.1) is 24.0 Å². The van der Waals surface area contributed by atoms with Crippen LogP contribution in [0.4, 0.5) is 0 Å². The van der Waals surface area contributed by atoms with Crippen molar-refractivity contribution in [2.75, 3.05) is 44.7 Å². The van der Waals surface area contributed by atoms with Gasteiger partial charge in [0.05, 0.1) is 11.5 Å². The molecule has 0 spiro atoms. The molecule has 0 radical (unpaired) electrons. The van der Waals surface area contributed by atoms with Crippen LogP contribution in [0.25, 0.3) is 0 Å². The van der Waals surface area contributed by atoms with Gasteiger partial charge in [-0.1, -0.05) is 6.92 Å². The van der Waals surface area contributed by atoms with Crippen molar-refractivity contribution < 1.29 is 8.42 Å². The molecular weight excluding hydrogens is 427 g/mol. The third kappa shape index (κ3) is 7.55. The van der Waals surface area contributed by atoms with Crippen LogP contribution < -0.4 is 10.6 Å². The highest BCUT2D eigenvalue weighted by Gasteiger charge is 2.21. The Labute approximate surface area is 157 Å². The maximum absolute atomic E-state index is 11.4. The topological polar surface area (TPSA) is 73.8 Å². The molecule has 0 aromatic carbocycles. The van der Waals surface area contributed by atoms with Gasteiger partial charge >= 0.3 is 0 Å². The van der Waals surface area contributed by atoms with Crippen LogP contribution in [0.1, 0.15) is 32.6 Å². The van der Waals surface area contributed by atoms with Crippen molar-refractivity contribution >= 4 is 39.8 Å². The van der Waals surface area contributed by atoms with Crippen molar-refractivity contribution in [2.45, 2.75) is 38.6 Å². The Morgan fingerprint density at radius 3 is 2.35 bits per heavy atom. The van der Waals surface area contributed by atoms with Gasteiger partial charge in [0.25, 0.3) is 0 Å². The zero-order chi connectivity index (χ0) is 16.0. The lowest BCUT2D eigenvalue weighted by atomic mass is 9.87. The van der Waals surface area contributed by atoms with E-state index in [0.29, 0.717) is 30.6 Å². The van der Waals surface area contributed by atoms with Gasteiger partial charge in [0, 0.05) is 39.3 Å². The van der Waals surface area contributed by atoms with E-state index in [1.807, 2.05) is 0 Å². The molecule has 0 atom stereocenters. The van der Waals surface area contributed by atoms with Crippen molar-refractivity contribution in [2.24, 2.45) is 10.9 Å². The highest BCUT2D eigenvalue weighted by molar-refractivity contribution is 14.0. The molecule has 1 heterocycles. The zero-order valence-corrected chi connectivity index (χ0v) is 17.4. The van der Waals surface area contributed by atoms with E-state index in [4.69, 9.17) is 0 Å². The first-order chi connectivity index (χ1) is 10.5. The molecule has 0 aromatic rings. The predicted molar refractivity (Wildman–Crippen MR) is 106 cm³/mol. The summed E-state index contributed by atoms with van der Waals surface area (Å²) in [6.45, 7) is 5.27. The average Bonchev–Trinajstić information content (AvgIpc) is 2.50. The van der Waals surface area contributed by atoms with Gasteiger partial charge in [0.15, 0.2) is 15.8 Å². The minimum absolute atomic E-state index is 0. The lowest BCUT2D eigenvalue weighted by Gasteiger charge is -2.29. The van der Waals surface area contributed by atoms with E-state index in [2.05, 4.69) is 27.4 Å². The van der Waals surface area contributed by atoms with Gasteiger partial charge in [0.1, 0.15) is 0 Å². The number of halogens is 1. The number of nitrogens with zero attached hydrogens (tertiary/aromatic N) is 2. The second-order valence-corrected chi connectivity index (χ2v) is 8.90. The smallest absolute Gasteiger partial charge is 0.191 e. The summed E-state index contributed by atoms with van der Waals surface area (Å²) in [6.07, 6.45) is 5.01. The lowest BCUT2D eigenvalue weighted by Crippen LogP contribution is -2.48. The Morgan fingerprint density at radius 1 is 1.17 bits per heavy atom. The lowest BCUT2D eigenvalue weighted by molar-refractivity contribution is 0.298. The number of rotatable bonds is 4. The minimum Gasteiger partial charge on any atom is -0.355 e. The van der Waals surface area contributed by atoms with Gasteiger partial charge in [-0.05, 0) is 31.6 Å². The highest BCUT2D eigenvalue weighted by Crippen LogP contribution is 2.23. The van der Waals surface area contributed by atoms with Gasteiger partial charge in [-0.25, -0.2) is 8.42 Å². The summed E-state index contributed by atoms with van der Waals surface area (Å²) in [4.78, 5) is 6.48. The van der Waals surface area contributed by atoms with E-state index in [0.717, 1.165) is 25.0 Å². The Bertz CT molecular complexity index is 462. The average molecular weight is 458 g/mol. The summed E-state index contributed by atoms with van der Waals surface area (Å²) >= 11 is 0. The summed E-state index contributed by atoms with van der Waals surface area (Å²) in [6, 6.07) is 0.530. The standard InChI is InChI=1S/C15H30N4O2S.HI/c1-13-3-5-14(6-4-13)18-15(16-2)17-7-8-19-9-11-22(20,21)12-10-19;/h13-14H,3-12H2,1-2H3,(H2,16,17,18);1H. The number of guanidine groups is 1. The van der Waals surface area contributed by atoms with Crippen molar-refractivity contribution in [3.8, 4) is 0 Å². The zero-order valence-electron chi connectivity index (χ0n) is 14.3. The maximum Gasteiger partial charge on any atom is 0.191 e. The summed E-state index contributed by atoms with van der Waals surface area (Å²) < 4.78 is 22.8. The number of nitrogens with one attached hydrogen (secondary N) is 2. The van der Waals surface area contributed by atoms with Crippen molar-refractivity contribution in [3.63, 3.8) is 0 Å². The molecule has 1 saturated carbocycles. The number of aliphatic imine (C=N–C) groups is 1. The molecule has 136 valence electrons. The van der Waals surface area contributed by atoms with Gasteiger partial charge in [-0.3, -0.25) is 9.89 Å². The third-order valence-corrected chi connectivity index (χ3v) is 6.35. The normalized spacial score (nSPS) is 28.7. The highest BCUT2D eigenvalue weighted by atomic mass is 127. The Kier molecular flexibility index (Phi) is 9.13. The molecule has 2 rings (SSSR count). The van der Waals surface area contributed by atoms with Crippen LogP contribution >= 0.6 is 24.0 Å². The monoisotopic (exact) mass is 458 g/mol. The molecule has 0 aromatic heterocycles. The van der Waals surface area contributed by atoms with Crippen molar-refractivity contribution in [3.05, 3.63) is 0 Å². The van der Waals surface area contributed by atoms with E-state index >= 15 is 0 Å². The SMILES string of the molecule is CN=C(NCCN1CCS(=O)(=O)CC1)NC1CCC(C)CC1.I. The van der Waals surface area contributed by atoms with Crippen LogP contribution in [0.3, 0.4) is 0 Å². The predicted octanol–water partition coefficient (Wildman–Crippen LogP) is 1.08. The molecule has 1 saturated heterocycles. The summed E-state index contributed by atoms with van der Waals surface area (Å²) in [7, 11) is -0.984. The minimum atomic E-state index is -2.78. The van der Waals surface area contributed by atoms with E-state index in [1.165, 1.54) is 25.7 Å². The van der Waals surface area contributed by atoms with Crippen molar-refractivity contribution in [1.29, 1.82) is 0 Å². The number of hydrogen-bond acceptors (Lipinski definition) is 4. The van der Waals surface area contributed by atoms with Crippen LogP contribution in [0, 0.1) is 5.92 Å². The molecule has 2 aliphatic rings. The summed E-state index contributed by atoms with van der Waals surface area (Å²) in [5.74, 6) is 2.30. The molecule has 23 heavy (non-hydrogen) atoms.